The molecule has 0 aromatic rings. The lowest BCUT2D eigenvalue weighted by atomic mass is 9.65. The molecule has 0 spiro atoms. The van der Waals surface area contributed by atoms with Crippen LogP contribution < -0.4 is 0 Å². The molecule has 0 nitrogen and oxygen atoms in total. The molecule has 0 rings (SSSR count). The monoisotopic (exact) mass is 204 g/mol. The lowest BCUT2D eigenvalue weighted by molar-refractivity contribution is 0.123. The molecule has 0 N–H and O–H groups in total. The van der Waals surface area contributed by atoms with E-state index in [2.05, 4.69) is 48.5 Å². The van der Waals surface area contributed by atoms with E-state index in [9.17, 15) is 0 Å². The highest BCUT2D eigenvalue weighted by atomic mass is 35.5. The van der Waals surface area contributed by atoms with Gasteiger partial charge in [-0.2, -0.15) is 0 Å². The number of hydrogen-bond donors (Lipinski definition) is 0. The van der Waals surface area contributed by atoms with Crippen LogP contribution in [0, 0.1) is 17.3 Å². The normalized spacial score (nSPS) is 20.1. The maximum atomic E-state index is 6.64. The molecule has 0 aromatic carbocycles. The molecule has 0 radical (unpaired) electrons. The van der Waals surface area contributed by atoms with Gasteiger partial charge in [0.1, 0.15) is 0 Å². The average Bonchev–Trinajstić information content (AvgIpc) is 2.02. The maximum absolute atomic E-state index is 6.64. The summed E-state index contributed by atoms with van der Waals surface area (Å²) in [5.41, 5.74) is 0.192. The quantitative estimate of drug-likeness (QED) is 0.582. The molecule has 2 unspecified atom stereocenters. The third-order valence-corrected chi connectivity index (χ3v) is 5.11. The van der Waals surface area contributed by atoms with Crippen LogP contribution in [-0.2, 0) is 0 Å². The molecular weight excluding hydrogens is 180 g/mol. The van der Waals surface area contributed by atoms with Crippen molar-refractivity contribution in [2.24, 2.45) is 17.3 Å². The molecule has 0 aliphatic rings. The van der Waals surface area contributed by atoms with Crippen LogP contribution >= 0.6 is 11.6 Å². The molecule has 0 fully saturated rings. The van der Waals surface area contributed by atoms with Crippen LogP contribution in [0.2, 0.25) is 0 Å². The van der Waals surface area contributed by atoms with Gasteiger partial charge in [-0.05, 0) is 24.2 Å². The molecule has 2 atom stereocenters. The lowest BCUT2D eigenvalue weighted by Gasteiger charge is -2.46. The first-order valence-corrected chi connectivity index (χ1v) is 5.74. The maximum Gasteiger partial charge on any atom is 0.0494 e. The molecule has 0 aliphatic carbocycles. The van der Waals surface area contributed by atoms with Crippen LogP contribution in [0.1, 0.15) is 54.9 Å². The summed E-state index contributed by atoms with van der Waals surface area (Å²) >= 11 is 6.64. The minimum atomic E-state index is -0.109. The molecule has 0 aliphatic heterocycles. The van der Waals surface area contributed by atoms with Crippen molar-refractivity contribution in [2.75, 3.05) is 0 Å². The summed E-state index contributed by atoms with van der Waals surface area (Å²) in [6.45, 7) is 15.7. The fraction of sp³-hybridized carbons (Fsp3) is 1.00. The minimum Gasteiger partial charge on any atom is -0.119 e. The first-order valence-electron chi connectivity index (χ1n) is 5.36. The third kappa shape index (κ3) is 2.40. The van der Waals surface area contributed by atoms with Crippen LogP contribution in [0.25, 0.3) is 0 Å². The number of alkyl halides is 1. The Kier molecular flexibility index (Phi) is 4.30. The largest absolute Gasteiger partial charge is 0.119 e. The number of rotatable bonds is 4. The van der Waals surface area contributed by atoms with E-state index in [0.29, 0.717) is 11.8 Å². The summed E-state index contributed by atoms with van der Waals surface area (Å²) in [6.07, 6.45) is 1.20. The lowest BCUT2D eigenvalue weighted by Crippen LogP contribution is -2.45. The van der Waals surface area contributed by atoms with Gasteiger partial charge in [0, 0.05) is 4.87 Å². The molecule has 0 amide bonds. The van der Waals surface area contributed by atoms with E-state index >= 15 is 0 Å². The molecule has 80 valence electrons. The van der Waals surface area contributed by atoms with E-state index in [1.807, 2.05) is 0 Å². The Morgan fingerprint density at radius 2 is 1.46 bits per heavy atom. The highest BCUT2D eigenvalue weighted by Gasteiger charge is 2.44. The third-order valence-electron chi connectivity index (χ3n) is 4.19. The van der Waals surface area contributed by atoms with Gasteiger partial charge in [0.25, 0.3) is 0 Å². The zero-order valence-corrected chi connectivity index (χ0v) is 11.0. The second kappa shape index (κ2) is 4.21. The van der Waals surface area contributed by atoms with Crippen molar-refractivity contribution in [3.8, 4) is 0 Å². The van der Waals surface area contributed by atoms with Crippen molar-refractivity contribution in [3.05, 3.63) is 0 Å². The Hall–Kier alpha value is 0.290. The van der Waals surface area contributed by atoms with E-state index in [0.717, 1.165) is 0 Å². The Morgan fingerprint density at radius 1 is 1.08 bits per heavy atom. The smallest absolute Gasteiger partial charge is 0.0494 e. The van der Waals surface area contributed by atoms with Crippen LogP contribution in [0.5, 0.6) is 0 Å². The summed E-state index contributed by atoms with van der Waals surface area (Å²) in [5.74, 6) is 1.18. The van der Waals surface area contributed by atoms with E-state index in [1.54, 1.807) is 0 Å². The van der Waals surface area contributed by atoms with Crippen molar-refractivity contribution in [2.45, 2.75) is 59.8 Å². The topological polar surface area (TPSA) is 0 Å². The first kappa shape index (κ1) is 13.3. The Morgan fingerprint density at radius 3 is 1.69 bits per heavy atom. The van der Waals surface area contributed by atoms with Crippen molar-refractivity contribution >= 4 is 11.6 Å². The molecule has 0 bridgehead atoms. The Bertz CT molecular complexity index is 157. The van der Waals surface area contributed by atoms with Crippen LogP contribution in [-0.4, -0.2) is 4.87 Å². The highest BCUT2D eigenvalue weighted by Crippen LogP contribution is 2.47. The second-order valence-electron chi connectivity index (χ2n) is 5.26. The Labute approximate surface area is 89.1 Å². The summed E-state index contributed by atoms with van der Waals surface area (Å²) in [7, 11) is 0. The molecule has 13 heavy (non-hydrogen) atoms. The standard InChI is InChI=1S/C12H25Cl/c1-8-10(4)11(5,6)12(7,13)9(2)3/h9-10H,8H2,1-7H3. The first-order chi connectivity index (χ1) is 5.67. The van der Waals surface area contributed by atoms with Crippen LogP contribution in [0.15, 0.2) is 0 Å². The fourth-order valence-electron chi connectivity index (χ4n) is 1.74. The van der Waals surface area contributed by atoms with Crippen LogP contribution in [0.3, 0.4) is 0 Å². The highest BCUT2D eigenvalue weighted by molar-refractivity contribution is 6.24. The summed E-state index contributed by atoms with van der Waals surface area (Å²) in [6, 6.07) is 0. The predicted molar refractivity (Wildman–Crippen MR) is 62.3 cm³/mol. The van der Waals surface area contributed by atoms with E-state index in [-0.39, 0.29) is 10.3 Å². The van der Waals surface area contributed by atoms with E-state index in [1.165, 1.54) is 6.42 Å². The minimum absolute atomic E-state index is 0.109. The zero-order valence-electron chi connectivity index (χ0n) is 10.2. The fourth-order valence-corrected chi connectivity index (χ4v) is 1.92. The van der Waals surface area contributed by atoms with Gasteiger partial charge in [0.2, 0.25) is 0 Å². The molecule has 0 aromatic heterocycles. The van der Waals surface area contributed by atoms with Crippen molar-refractivity contribution in [1.82, 2.24) is 0 Å². The van der Waals surface area contributed by atoms with E-state index < -0.39 is 0 Å². The number of hydrogen-bond acceptors (Lipinski definition) is 0. The SMILES string of the molecule is CCC(C)C(C)(C)C(C)(Cl)C(C)C. The van der Waals surface area contributed by atoms with Gasteiger partial charge in [-0.25, -0.2) is 0 Å². The number of halogens is 1. The molecule has 0 saturated carbocycles. The summed E-state index contributed by atoms with van der Waals surface area (Å²) < 4.78 is 0. The van der Waals surface area contributed by atoms with Gasteiger partial charge in [-0.15, -0.1) is 11.6 Å². The summed E-state index contributed by atoms with van der Waals surface area (Å²) in [4.78, 5) is -0.109. The van der Waals surface area contributed by atoms with Crippen molar-refractivity contribution in [1.29, 1.82) is 0 Å². The molecule has 0 heterocycles. The van der Waals surface area contributed by atoms with Crippen molar-refractivity contribution < 1.29 is 0 Å². The van der Waals surface area contributed by atoms with Gasteiger partial charge in [0.15, 0.2) is 0 Å². The van der Waals surface area contributed by atoms with Crippen LogP contribution in [0.4, 0.5) is 0 Å². The van der Waals surface area contributed by atoms with Gasteiger partial charge >= 0.3 is 0 Å². The summed E-state index contributed by atoms with van der Waals surface area (Å²) in [5, 5.41) is 0. The van der Waals surface area contributed by atoms with Gasteiger partial charge < -0.3 is 0 Å². The molecule has 1 heteroatoms. The van der Waals surface area contributed by atoms with Gasteiger partial charge in [-0.1, -0.05) is 48.0 Å². The van der Waals surface area contributed by atoms with Gasteiger partial charge in [0.05, 0.1) is 0 Å². The van der Waals surface area contributed by atoms with Crippen molar-refractivity contribution in [3.63, 3.8) is 0 Å². The predicted octanol–water partition coefficient (Wildman–Crippen LogP) is 4.71. The zero-order chi connectivity index (χ0) is 10.9. The molecule has 0 saturated heterocycles. The molecular formula is C12H25Cl. The second-order valence-corrected chi connectivity index (χ2v) is 6.05. The van der Waals surface area contributed by atoms with E-state index in [4.69, 9.17) is 11.6 Å². The average molecular weight is 205 g/mol. The van der Waals surface area contributed by atoms with Gasteiger partial charge in [-0.3, -0.25) is 0 Å². The Balaban J connectivity index is 4.80.